The molecule has 472 valence electrons. The van der Waals surface area contributed by atoms with Crippen LogP contribution in [0.15, 0.2) is 36.5 Å². The van der Waals surface area contributed by atoms with Gasteiger partial charge in [0.1, 0.15) is 0 Å². The van der Waals surface area contributed by atoms with Crippen LogP contribution in [0.1, 0.15) is 399 Å². The van der Waals surface area contributed by atoms with Crippen LogP contribution < -0.4 is 5.32 Å². The van der Waals surface area contributed by atoms with Crippen molar-refractivity contribution >= 4 is 11.9 Å². The molecule has 0 fully saturated rings. The molecule has 0 aliphatic rings. The van der Waals surface area contributed by atoms with E-state index in [2.05, 4.69) is 43.5 Å². The summed E-state index contributed by atoms with van der Waals surface area (Å²) in [5, 5.41) is 23.2. The fourth-order valence-corrected chi connectivity index (χ4v) is 11.4. The zero-order valence-corrected chi connectivity index (χ0v) is 54.1. The summed E-state index contributed by atoms with van der Waals surface area (Å²) < 4.78 is 5.51. The summed E-state index contributed by atoms with van der Waals surface area (Å²) in [4.78, 5) is 24.6. The summed E-state index contributed by atoms with van der Waals surface area (Å²) in [6, 6.07) is -0.628. The van der Waals surface area contributed by atoms with Crippen molar-refractivity contribution in [2.45, 2.75) is 411 Å². The number of hydrogen-bond donors (Lipinski definition) is 3. The van der Waals surface area contributed by atoms with E-state index in [1.807, 2.05) is 6.08 Å². The summed E-state index contributed by atoms with van der Waals surface area (Å²) in [5.41, 5.74) is 0. The minimum atomic E-state index is -0.845. The molecule has 0 saturated heterocycles. The van der Waals surface area contributed by atoms with E-state index in [4.69, 9.17) is 4.74 Å². The SMILES string of the molecule is CCCCC/C=C\C/C=C\CCCCCCCCCCCC(=O)OCCCCCCCCCCCCCCCCCCCCCCCCCCC(=O)NC(CO)C(O)/C=C/CCCCCCCCCCCCCCCCCCCC. The second-order valence-electron chi connectivity index (χ2n) is 24.9. The molecule has 2 atom stereocenters. The van der Waals surface area contributed by atoms with Crippen molar-refractivity contribution in [3.63, 3.8) is 0 Å². The number of carbonyl (C=O) groups is 2. The van der Waals surface area contributed by atoms with Crippen molar-refractivity contribution in [2.75, 3.05) is 13.2 Å². The summed E-state index contributed by atoms with van der Waals surface area (Å²) in [7, 11) is 0. The van der Waals surface area contributed by atoms with Gasteiger partial charge in [-0.15, -0.1) is 0 Å². The Balaban J connectivity index is 3.38. The molecule has 0 aliphatic carbocycles. The minimum absolute atomic E-state index is 0.0119. The molecule has 3 N–H and O–H groups in total. The van der Waals surface area contributed by atoms with Crippen LogP contribution in [0, 0.1) is 0 Å². The van der Waals surface area contributed by atoms with Gasteiger partial charge in [-0.1, -0.05) is 359 Å². The van der Waals surface area contributed by atoms with E-state index < -0.39 is 12.1 Å². The van der Waals surface area contributed by atoms with Crippen LogP contribution in [0.3, 0.4) is 0 Å². The van der Waals surface area contributed by atoms with E-state index in [0.29, 0.717) is 19.4 Å². The summed E-state index contributed by atoms with van der Waals surface area (Å²) in [5.74, 6) is -0.0513. The number of esters is 1. The minimum Gasteiger partial charge on any atom is -0.466 e. The van der Waals surface area contributed by atoms with E-state index in [1.54, 1.807) is 6.08 Å². The van der Waals surface area contributed by atoms with Gasteiger partial charge in [0, 0.05) is 12.8 Å². The van der Waals surface area contributed by atoms with Gasteiger partial charge in [-0.25, -0.2) is 0 Å². The number of nitrogens with one attached hydrogen (secondary N) is 1. The van der Waals surface area contributed by atoms with Crippen LogP contribution in [0.4, 0.5) is 0 Å². The maximum Gasteiger partial charge on any atom is 0.305 e. The van der Waals surface area contributed by atoms with Gasteiger partial charge >= 0.3 is 5.97 Å². The van der Waals surface area contributed by atoms with Gasteiger partial charge in [-0.2, -0.15) is 0 Å². The summed E-state index contributed by atoms with van der Waals surface area (Å²) in [6.45, 7) is 4.92. The Morgan fingerprint density at radius 1 is 0.350 bits per heavy atom. The molecule has 6 nitrogen and oxygen atoms in total. The average Bonchev–Trinajstić information content (AvgIpc) is 3.46. The first-order valence-corrected chi connectivity index (χ1v) is 36.3. The zero-order valence-electron chi connectivity index (χ0n) is 54.1. The molecule has 0 heterocycles. The van der Waals surface area contributed by atoms with Gasteiger partial charge in [-0.05, 0) is 64.2 Å². The largest absolute Gasteiger partial charge is 0.466 e. The van der Waals surface area contributed by atoms with Gasteiger partial charge in [0.15, 0.2) is 0 Å². The van der Waals surface area contributed by atoms with Crippen LogP contribution in [-0.2, 0) is 14.3 Å². The second kappa shape index (κ2) is 69.6. The molecular weight excluding hydrogens is 983 g/mol. The van der Waals surface area contributed by atoms with Crippen molar-refractivity contribution < 1.29 is 24.5 Å². The van der Waals surface area contributed by atoms with Gasteiger partial charge < -0.3 is 20.3 Å². The highest BCUT2D eigenvalue weighted by molar-refractivity contribution is 5.76. The third-order valence-corrected chi connectivity index (χ3v) is 16.9. The molecule has 0 aromatic carbocycles. The highest BCUT2D eigenvalue weighted by atomic mass is 16.5. The lowest BCUT2D eigenvalue weighted by Gasteiger charge is -2.20. The lowest BCUT2D eigenvalue weighted by atomic mass is 10.0. The van der Waals surface area contributed by atoms with E-state index in [-0.39, 0.29) is 18.5 Å². The van der Waals surface area contributed by atoms with E-state index >= 15 is 0 Å². The first kappa shape index (κ1) is 78.1. The quantitative estimate of drug-likeness (QED) is 0.0320. The summed E-state index contributed by atoms with van der Waals surface area (Å²) >= 11 is 0. The standard InChI is InChI=1S/C74H141NO5/c1-3-5-7-9-11-13-15-17-19-21-23-31-34-38-42-46-50-54-58-62-66-72(77)71(70-76)75-73(78)67-63-59-55-51-47-43-39-35-32-28-26-24-25-27-29-33-37-41-45-49-53-57-61-65-69-80-74(79)68-64-60-56-52-48-44-40-36-30-22-20-18-16-14-12-10-8-6-4-2/h12,14,18,20,62,66,71-72,76-77H,3-11,13,15-17,19,21-61,63-65,67-70H2,1-2H3,(H,75,78)/b14-12-,20-18-,66-62+. The Morgan fingerprint density at radius 3 is 0.975 bits per heavy atom. The number of aliphatic hydroxyl groups is 2. The number of ether oxygens (including phenoxy) is 1. The lowest BCUT2D eigenvalue weighted by Crippen LogP contribution is -2.45. The lowest BCUT2D eigenvalue weighted by molar-refractivity contribution is -0.143. The third kappa shape index (κ3) is 65.2. The number of allylic oxidation sites excluding steroid dienone is 5. The van der Waals surface area contributed by atoms with Crippen molar-refractivity contribution in [2.24, 2.45) is 0 Å². The van der Waals surface area contributed by atoms with E-state index in [9.17, 15) is 19.8 Å². The molecule has 0 radical (unpaired) electrons. The molecule has 0 bridgehead atoms. The number of unbranched alkanes of at least 4 members (excludes halogenated alkanes) is 53. The molecule has 2 unspecified atom stereocenters. The number of hydrogen-bond acceptors (Lipinski definition) is 5. The second-order valence-corrected chi connectivity index (χ2v) is 24.9. The van der Waals surface area contributed by atoms with Gasteiger partial charge in [0.2, 0.25) is 5.91 Å². The smallest absolute Gasteiger partial charge is 0.305 e. The molecule has 1 amide bonds. The van der Waals surface area contributed by atoms with Crippen LogP contribution in [-0.4, -0.2) is 47.4 Å². The van der Waals surface area contributed by atoms with E-state index in [0.717, 1.165) is 51.4 Å². The molecule has 0 aliphatic heterocycles. The highest BCUT2D eigenvalue weighted by Gasteiger charge is 2.18. The molecule has 0 spiro atoms. The van der Waals surface area contributed by atoms with Gasteiger partial charge in [0.05, 0.1) is 25.4 Å². The Kier molecular flexibility index (Phi) is 67.9. The normalized spacial score (nSPS) is 12.7. The third-order valence-electron chi connectivity index (χ3n) is 16.9. The monoisotopic (exact) mass is 1120 g/mol. The first-order valence-electron chi connectivity index (χ1n) is 36.3. The number of rotatable bonds is 68. The zero-order chi connectivity index (χ0) is 57.8. The van der Waals surface area contributed by atoms with Crippen molar-refractivity contribution in [1.82, 2.24) is 5.32 Å². The Morgan fingerprint density at radius 2 is 0.625 bits per heavy atom. The highest BCUT2D eigenvalue weighted by Crippen LogP contribution is 2.19. The Hall–Kier alpha value is -1.92. The van der Waals surface area contributed by atoms with Crippen LogP contribution in [0.2, 0.25) is 0 Å². The predicted molar refractivity (Wildman–Crippen MR) is 352 cm³/mol. The molecule has 0 rings (SSSR count). The van der Waals surface area contributed by atoms with Crippen LogP contribution in [0.5, 0.6) is 0 Å². The van der Waals surface area contributed by atoms with Crippen LogP contribution in [0.25, 0.3) is 0 Å². The molecular formula is C74H141NO5. The van der Waals surface area contributed by atoms with Gasteiger partial charge in [-0.3, -0.25) is 9.59 Å². The molecule has 0 aromatic rings. The number of amides is 1. The number of aliphatic hydroxyl groups excluding tert-OH is 2. The first-order chi connectivity index (χ1) is 39.5. The molecule has 80 heavy (non-hydrogen) atoms. The van der Waals surface area contributed by atoms with Crippen molar-refractivity contribution in [1.29, 1.82) is 0 Å². The summed E-state index contributed by atoms with van der Waals surface area (Å²) in [6.07, 6.45) is 89.4. The van der Waals surface area contributed by atoms with Crippen LogP contribution >= 0.6 is 0 Å². The number of carbonyl (C=O) groups excluding carboxylic acids is 2. The Bertz CT molecular complexity index is 1300. The van der Waals surface area contributed by atoms with Crippen molar-refractivity contribution in [3.8, 4) is 0 Å². The maximum atomic E-state index is 12.5. The molecule has 0 saturated carbocycles. The fourth-order valence-electron chi connectivity index (χ4n) is 11.4. The van der Waals surface area contributed by atoms with Crippen molar-refractivity contribution in [3.05, 3.63) is 36.5 Å². The van der Waals surface area contributed by atoms with E-state index in [1.165, 1.54) is 321 Å². The average molecular weight is 1120 g/mol. The molecule has 0 aromatic heterocycles. The molecule has 6 heteroatoms. The van der Waals surface area contributed by atoms with Gasteiger partial charge in [0.25, 0.3) is 0 Å². The predicted octanol–water partition coefficient (Wildman–Crippen LogP) is 23.5. The topological polar surface area (TPSA) is 95.9 Å². The Labute approximate surface area is 500 Å². The fraction of sp³-hybridized carbons (Fsp3) is 0.892. The maximum absolute atomic E-state index is 12.5.